The number of nitrogens with one attached hydrogen (secondary N) is 1. The Morgan fingerprint density at radius 1 is 1.20 bits per heavy atom. The lowest BCUT2D eigenvalue weighted by atomic mass is 9.94. The topological polar surface area (TPSA) is 80.4 Å². The zero-order valence-electron chi connectivity index (χ0n) is 16.6. The van der Waals surface area contributed by atoms with Gasteiger partial charge >= 0.3 is 0 Å². The molecule has 156 valence electrons. The average molecular weight is 410 g/mol. The third-order valence-electron chi connectivity index (χ3n) is 5.53. The largest absolute Gasteiger partial charge is 0.472 e. The number of likely N-dealkylation sites (tertiary alicyclic amines) is 1. The van der Waals surface area contributed by atoms with Gasteiger partial charge in [-0.15, -0.1) is 0 Å². The van der Waals surface area contributed by atoms with Gasteiger partial charge in [-0.2, -0.15) is 0 Å². The van der Waals surface area contributed by atoms with Crippen molar-refractivity contribution in [3.05, 3.63) is 78.0 Å². The van der Waals surface area contributed by atoms with Gasteiger partial charge in [0.25, 0.3) is 5.91 Å². The molecule has 0 bridgehead atoms. The highest BCUT2D eigenvalue weighted by molar-refractivity contribution is 5.94. The minimum absolute atomic E-state index is 0.0835. The molecule has 8 heteroatoms. The van der Waals surface area contributed by atoms with Crippen molar-refractivity contribution in [2.45, 2.75) is 18.9 Å². The number of rotatable bonds is 5. The van der Waals surface area contributed by atoms with Gasteiger partial charge < -0.3 is 19.2 Å². The smallest absolute Gasteiger partial charge is 0.257 e. The molecule has 1 unspecified atom stereocenters. The fourth-order valence-electron chi connectivity index (χ4n) is 3.78. The highest BCUT2D eigenvalue weighted by Gasteiger charge is 2.30. The summed E-state index contributed by atoms with van der Waals surface area (Å²) in [6.45, 7) is 1.01. The van der Waals surface area contributed by atoms with Crippen LogP contribution in [0, 0.1) is 11.7 Å². The summed E-state index contributed by atoms with van der Waals surface area (Å²) in [5.41, 5.74) is 1.27. The first kappa shape index (κ1) is 19.9. The van der Waals surface area contributed by atoms with Crippen molar-refractivity contribution in [2.24, 2.45) is 13.0 Å². The highest BCUT2D eigenvalue weighted by atomic mass is 19.1. The zero-order chi connectivity index (χ0) is 21.1. The van der Waals surface area contributed by atoms with Gasteiger partial charge in [-0.05, 0) is 36.6 Å². The van der Waals surface area contributed by atoms with Gasteiger partial charge in [0.05, 0.1) is 11.8 Å². The normalized spacial score (nSPS) is 15.7. The van der Waals surface area contributed by atoms with E-state index in [2.05, 4.69) is 10.3 Å². The summed E-state index contributed by atoms with van der Waals surface area (Å²) in [7, 11) is 1.85. The van der Waals surface area contributed by atoms with Crippen LogP contribution in [-0.2, 0) is 11.8 Å². The Labute approximate surface area is 173 Å². The number of piperidine rings is 1. The quantitative estimate of drug-likeness (QED) is 0.701. The minimum Gasteiger partial charge on any atom is -0.472 e. The van der Waals surface area contributed by atoms with Gasteiger partial charge in [0.15, 0.2) is 0 Å². The van der Waals surface area contributed by atoms with Crippen molar-refractivity contribution >= 4 is 11.8 Å². The van der Waals surface area contributed by atoms with E-state index in [9.17, 15) is 14.0 Å². The Morgan fingerprint density at radius 3 is 2.53 bits per heavy atom. The molecule has 1 aliphatic heterocycles. The summed E-state index contributed by atoms with van der Waals surface area (Å²) in [5, 5.41) is 3.07. The number of carbonyl (C=O) groups is 2. The number of benzene rings is 1. The van der Waals surface area contributed by atoms with E-state index in [0.29, 0.717) is 37.3 Å². The monoisotopic (exact) mass is 410 g/mol. The molecule has 2 amide bonds. The standard InChI is InChI=1S/C22H23FN4O3/c1-26-12-9-24-20(26)19(15-2-4-18(23)5-3-15)25-21(28)16-6-10-27(11-7-16)22(29)17-8-13-30-14-17/h2-5,8-9,12-14,16,19H,6-7,10-11H2,1H3,(H,25,28). The molecule has 3 heterocycles. The van der Waals surface area contributed by atoms with E-state index >= 15 is 0 Å². The summed E-state index contributed by atoms with van der Waals surface area (Å²) in [6.07, 6.45) is 7.52. The van der Waals surface area contributed by atoms with Crippen LogP contribution in [0.4, 0.5) is 4.39 Å². The summed E-state index contributed by atoms with van der Waals surface area (Å²) in [4.78, 5) is 31.6. The van der Waals surface area contributed by atoms with Crippen LogP contribution in [0.25, 0.3) is 0 Å². The molecule has 1 aliphatic rings. The fourth-order valence-corrected chi connectivity index (χ4v) is 3.78. The zero-order valence-corrected chi connectivity index (χ0v) is 16.6. The summed E-state index contributed by atoms with van der Waals surface area (Å²) in [5.74, 6) is -0.0509. The predicted octanol–water partition coefficient (Wildman–Crippen LogP) is 2.91. The second-order valence-electron chi connectivity index (χ2n) is 7.47. The van der Waals surface area contributed by atoms with Gasteiger partial charge in [-0.1, -0.05) is 12.1 Å². The van der Waals surface area contributed by atoms with Crippen molar-refractivity contribution in [1.29, 1.82) is 0 Å². The molecule has 1 atom stereocenters. The number of nitrogens with zero attached hydrogens (tertiary/aromatic N) is 3. The molecule has 4 rings (SSSR count). The van der Waals surface area contributed by atoms with E-state index < -0.39 is 6.04 Å². The molecule has 1 saturated heterocycles. The minimum atomic E-state index is -0.483. The van der Waals surface area contributed by atoms with Crippen LogP contribution < -0.4 is 5.32 Å². The summed E-state index contributed by atoms with van der Waals surface area (Å²) >= 11 is 0. The van der Waals surface area contributed by atoms with Crippen molar-refractivity contribution in [3.8, 4) is 0 Å². The lowest BCUT2D eigenvalue weighted by Gasteiger charge is -2.32. The number of hydrogen-bond acceptors (Lipinski definition) is 4. The SMILES string of the molecule is Cn1ccnc1C(NC(=O)C1CCN(C(=O)c2ccoc2)CC1)c1ccc(F)cc1. The summed E-state index contributed by atoms with van der Waals surface area (Å²) < 4.78 is 20.2. The fraction of sp³-hybridized carbons (Fsp3) is 0.318. The molecular weight excluding hydrogens is 387 g/mol. The van der Waals surface area contributed by atoms with Crippen LogP contribution >= 0.6 is 0 Å². The number of furan rings is 1. The molecule has 0 saturated carbocycles. The molecule has 0 spiro atoms. The molecule has 1 fully saturated rings. The Morgan fingerprint density at radius 2 is 1.93 bits per heavy atom. The van der Waals surface area contributed by atoms with Crippen LogP contribution in [0.5, 0.6) is 0 Å². The summed E-state index contributed by atoms with van der Waals surface area (Å²) in [6, 6.07) is 7.21. The van der Waals surface area contributed by atoms with E-state index in [1.165, 1.54) is 24.7 Å². The number of amides is 2. The second kappa shape index (κ2) is 8.52. The van der Waals surface area contributed by atoms with E-state index in [1.807, 2.05) is 11.6 Å². The molecule has 1 N–H and O–H groups in total. The maximum atomic E-state index is 13.4. The van der Waals surface area contributed by atoms with Crippen LogP contribution in [0.3, 0.4) is 0 Å². The first-order valence-corrected chi connectivity index (χ1v) is 9.87. The van der Waals surface area contributed by atoms with E-state index in [0.717, 1.165) is 5.56 Å². The predicted molar refractivity (Wildman–Crippen MR) is 107 cm³/mol. The molecule has 30 heavy (non-hydrogen) atoms. The third kappa shape index (κ3) is 4.12. The van der Waals surface area contributed by atoms with Gasteiger partial charge in [-0.25, -0.2) is 9.37 Å². The Hall–Kier alpha value is -3.42. The number of hydrogen-bond donors (Lipinski definition) is 1. The van der Waals surface area contributed by atoms with Crippen molar-refractivity contribution in [1.82, 2.24) is 19.8 Å². The van der Waals surface area contributed by atoms with Crippen LogP contribution in [0.15, 0.2) is 59.7 Å². The second-order valence-corrected chi connectivity index (χ2v) is 7.47. The molecule has 0 radical (unpaired) electrons. The van der Waals surface area contributed by atoms with Gasteiger partial charge in [-0.3, -0.25) is 9.59 Å². The van der Waals surface area contributed by atoms with E-state index in [1.54, 1.807) is 35.5 Å². The Balaban J connectivity index is 1.44. The number of halogens is 1. The Kier molecular flexibility index (Phi) is 5.65. The maximum absolute atomic E-state index is 13.4. The van der Waals surface area contributed by atoms with Gasteiger partial charge in [0, 0.05) is 38.4 Å². The molecule has 2 aromatic heterocycles. The first-order chi connectivity index (χ1) is 14.5. The number of aryl methyl sites for hydroxylation is 1. The first-order valence-electron chi connectivity index (χ1n) is 9.87. The van der Waals surface area contributed by atoms with Crippen molar-refractivity contribution < 1.29 is 18.4 Å². The van der Waals surface area contributed by atoms with Crippen LogP contribution in [0.2, 0.25) is 0 Å². The van der Waals surface area contributed by atoms with Gasteiger partial charge in [0.1, 0.15) is 23.9 Å². The lowest BCUT2D eigenvalue weighted by Crippen LogP contribution is -2.44. The average Bonchev–Trinajstić information content (AvgIpc) is 3.44. The number of carbonyl (C=O) groups excluding carboxylic acids is 2. The molecule has 0 aliphatic carbocycles. The molecular formula is C22H23FN4O3. The highest BCUT2D eigenvalue weighted by Crippen LogP contribution is 2.24. The molecule has 1 aromatic carbocycles. The van der Waals surface area contributed by atoms with E-state index in [-0.39, 0.29) is 23.5 Å². The lowest BCUT2D eigenvalue weighted by molar-refractivity contribution is -0.126. The van der Waals surface area contributed by atoms with Crippen molar-refractivity contribution in [3.63, 3.8) is 0 Å². The Bertz CT molecular complexity index is 1010. The third-order valence-corrected chi connectivity index (χ3v) is 5.53. The molecule has 3 aromatic rings. The maximum Gasteiger partial charge on any atom is 0.257 e. The van der Waals surface area contributed by atoms with Crippen LogP contribution in [0.1, 0.15) is 40.6 Å². The van der Waals surface area contributed by atoms with Gasteiger partial charge in [0.2, 0.25) is 5.91 Å². The number of aromatic nitrogens is 2. The number of imidazole rings is 1. The van der Waals surface area contributed by atoms with Crippen molar-refractivity contribution in [2.75, 3.05) is 13.1 Å². The molecule has 7 nitrogen and oxygen atoms in total. The van der Waals surface area contributed by atoms with Crippen LogP contribution in [-0.4, -0.2) is 39.4 Å². The van der Waals surface area contributed by atoms with E-state index in [4.69, 9.17) is 4.42 Å².